The summed E-state index contributed by atoms with van der Waals surface area (Å²) >= 11 is 0. The minimum Gasteiger partial charge on any atom is -0.387 e. The van der Waals surface area contributed by atoms with Crippen LogP contribution in [0.5, 0.6) is 0 Å². The van der Waals surface area contributed by atoms with E-state index >= 15 is 0 Å². The second-order valence-electron chi connectivity index (χ2n) is 7.32. The summed E-state index contributed by atoms with van der Waals surface area (Å²) in [5, 5.41) is 10.5. The molecule has 0 amide bonds. The van der Waals surface area contributed by atoms with E-state index in [0.717, 1.165) is 55.4 Å². The zero-order valence-corrected chi connectivity index (χ0v) is 16.8. The minimum absolute atomic E-state index is 0.454. The van der Waals surface area contributed by atoms with Crippen LogP contribution in [-0.4, -0.2) is 57.7 Å². The first-order valence-electron chi connectivity index (χ1n) is 10.2. The highest BCUT2D eigenvalue weighted by Gasteiger charge is 2.22. The van der Waals surface area contributed by atoms with Crippen LogP contribution < -0.4 is 4.90 Å². The molecule has 0 spiro atoms. The third-order valence-electron chi connectivity index (χ3n) is 5.33. The van der Waals surface area contributed by atoms with E-state index in [-0.39, 0.29) is 0 Å². The summed E-state index contributed by atoms with van der Waals surface area (Å²) < 4.78 is 0. The van der Waals surface area contributed by atoms with Gasteiger partial charge in [-0.15, -0.1) is 0 Å². The third-order valence-corrected chi connectivity index (χ3v) is 5.33. The summed E-state index contributed by atoms with van der Waals surface area (Å²) in [4.78, 5) is 18.5. The van der Waals surface area contributed by atoms with Crippen LogP contribution in [0.1, 0.15) is 24.3 Å². The maximum Gasteiger partial charge on any atom is 0.180 e. The average molecular weight is 390 g/mol. The number of β-amino-alcohol motifs (C(OH)–C–C–N with tert-alkyl or cyclic N) is 1. The van der Waals surface area contributed by atoms with Crippen molar-refractivity contribution in [2.24, 2.45) is 0 Å². The number of aliphatic hydroxyl groups is 1. The van der Waals surface area contributed by atoms with Crippen molar-refractivity contribution in [3.05, 3.63) is 72.1 Å². The minimum atomic E-state index is -0.454. The van der Waals surface area contributed by atoms with Gasteiger partial charge in [-0.3, -0.25) is 9.88 Å². The Morgan fingerprint density at radius 2 is 1.72 bits per heavy atom. The van der Waals surface area contributed by atoms with Crippen LogP contribution in [0.15, 0.2) is 60.8 Å². The molecule has 1 N–H and O–H groups in total. The Kier molecular flexibility index (Phi) is 6.12. The number of aliphatic hydroxyl groups excluding tert-OH is 1. The number of pyridine rings is 1. The summed E-state index contributed by atoms with van der Waals surface area (Å²) in [5.74, 6) is 1.64. The molecule has 1 aliphatic rings. The van der Waals surface area contributed by atoms with Gasteiger partial charge in [0.1, 0.15) is 11.5 Å². The standard InChI is InChI=1S/C23H27N5O/c1-2-19-16-22(26-23(25-19)20-10-6-7-11-24-20)28-14-12-27(13-15-28)17-21(29)18-8-4-3-5-9-18/h3-11,16,21,29H,2,12-15,17H2,1H3. The van der Waals surface area contributed by atoms with Crippen molar-refractivity contribution in [3.63, 3.8) is 0 Å². The Balaban J connectivity index is 1.43. The van der Waals surface area contributed by atoms with Crippen molar-refractivity contribution < 1.29 is 5.11 Å². The van der Waals surface area contributed by atoms with Gasteiger partial charge in [-0.25, -0.2) is 9.97 Å². The monoisotopic (exact) mass is 389 g/mol. The number of aromatic nitrogens is 3. The van der Waals surface area contributed by atoms with Gasteiger partial charge in [-0.2, -0.15) is 0 Å². The lowest BCUT2D eigenvalue weighted by molar-refractivity contribution is 0.109. The number of nitrogens with zero attached hydrogens (tertiary/aromatic N) is 5. The molecule has 6 heteroatoms. The number of hydrogen-bond donors (Lipinski definition) is 1. The summed E-state index contributed by atoms with van der Waals surface area (Å²) in [6.07, 6.45) is 2.18. The van der Waals surface area contributed by atoms with Crippen molar-refractivity contribution in [2.75, 3.05) is 37.6 Å². The van der Waals surface area contributed by atoms with Gasteiger partial charge in [0.25, 0.3) is 0 Å². The highest BCUT2D eigenvalue weighted by atomic mass is 16.3. The zero-order valence-electron chi connectivity index (χ0n) is 16.8. The lowest BCUT2D eigenvalue weighted by Gasteiger charge is -2.36. The summed E-state index contributed by atoms with van der Waals surface area (Å²) in [7, 11) is 0. The predicted molar refractivity (Wildman–Crippen MR) is 115 cm³/mol. The number of benzene rings is 1. The maximum atomic E-state index is 10.5. The van der Waals surface area contributed by atoms with Crippen LogP contribution in [0, 0.1) is 0 Å². The molecule has 1 saturated heterocycles. The predicted octanol–water partition coefficient (Wildman–Crippen LogP) is 2.96. The number of hydrogen-bond acceptors (Lipinski definition) is 6. The highest BCUT2D eigenvalue weighted by molar-refractivity contribution is 5.54. The zero-order chi connectivity index (χ0) is 20.1. The van der Waals surface area contributed by atoms with Gasteiger partial charge < -0.3 is 10.0 Å². The molecule has 2 aromatic heterocycles. The first-order valence-corrected chi connectivity index (χ1v) is 10.2. The Labute approximate surface area is 171 Å². The lowest BCUT2D eigenvalue weighted by atomic mass is 10.1. The van der Waals surface area contributed by atoms with E-state index in [9.17, 15) is 5.11 Å². The Morgan fingerprint density at radius 3 is 2.41 bits per heavy atom. The molecular formula is C23H27N5O. The van der Waals surface area contributed by atoms with E-state index < -0.39 is 6.10 Å². The molecule has 4 rings (SSSR count). The van der Waals surface area contributed by atoms with Gasteiger partial charge in [-0.05, 0) is 24.1 Å². The summed E-state index contributed by atoms with van der Waals surface area (Å²) in [6, 6.07) is 17.8. The highest BCUT2D eigenvalue weighted by Crippen LogP contribution is 2.21. The molecule has 0 saturated carbocycles. The van der Waals surface area contributed by atoms with E-state index in [1.165, 1.54) is 0 Å². The van der Waals surface area contributed by atoms with Crippen LogP contribution in [0.25, 0.3) is 11.5 Å². The molecule has 3 heterocycles. The average Bonchev–Trinajstić information content (AvgIpc) is 2.80. The van der Waals surface area contributed by atoms with Crippen LogP contribution in [0.4, 0.5) is 5.82 Å². The van der Waals surface area contributed by atoms with Gasteiger partial charge in [0.05, 0.1) is 6.10 Å². The van der Waals surface area contributed by atoms with E-state index in [1.807, 2.05) is 48.5 Å². The van der Waals surface area contributed by atoms with E-state index in [4.69, 9.17) is 4.98 Å². The summed E-state index contributed by atoms with van der Waals surface area (Å²) in [5.41, 5.74) is 2.80. The Morgan fingerprint density at radius 1 is 0.966 bits per heavy atom. The fraction of sp³-hybridized carbons (Fsp3) is 0.348. The van der Waals surface area contributed by atoms with Gasteiger partial charge in [0, 0.05) is 50.7 Å². The fourth-order valence-corrected chi connectivity index (χ4v) is 3.62. The molecule has 1 atom stereocenters. The van der Waals surface area contributed by atoms with E-state index in [2.05, 4.69) is 32.8 Å². The lowest BCUT2D eigenvalue weighted by Crippen LogP contribution is -2.47. The number of rotatable bonds is 6. The largest absolute Gasteiger partial charge is 0.387 e. The first-order chi connectivity index (χ1) is 14.2. The quantitative estimate of drug-likeness (QED) is 0.699. The van der Waals surface area contributed by atoms with E-state index in [1.54, 1.807) is 6.20 Å². The normalized spacial score (nSPS) is 16.0. The molecule has 0 radical (unpaired) electrons. The summed E-state index contributed by atoms with van der Waals surface area (Å²) in [6.45, 7) is 6.31. The van der Waals surface area contributed by atoms with Gasteiger partial charge >= 0.3 is 0 Å². The van der Waals surface area contributed by atoms with Crippen LogP contribution in [0.3, 0.4) is 0 Å². The van der Waals surface area contributed by atoms with Crippen LogP contribution in [-0.2, 0) is 6.42 Å². The fourth-order valence-electron chi connectivity index (χ4n) is 3.62. The molecule has 1 fully saturated rings. The molecular weight excluding hydrogens is 362 g/mol. The first kappa shape index (κ1) is 19.5. The topological polar surface area (TPSA) is 65.4 Å². The Bertz CT molecular complexity index is 911. The molecule has 0 bridgehead atoms. The van der Waals surface area contributed by atoms with Crippen LogP contribution in [0.2, 0.25) is 0 Å². The second-order valence-corrected chi connectivity index (χ2v) is 7.32. The van der Waals surface area contributed by atoms with Crippen molar-refractivity contribution in [1.82, 2.24) is 19.9 Å². The molecule has 150 valence electrons. The van der Waals surface area contributed by atoms with Crippen molar-refractivity contribution in [3.8, 4) is 11.5 Å². The van der Waals surface area contributed by atoms with E-state index in [0.29, 0.717) is 12.4 Å². The van der Waals surface area contributed by atoms with Crippen molar-refractivity contribution in [2.45, 2.75) is 19.4 Å². The number of anilines is 1. The van der Waals surface area contributed by atoms with Crippen LogP contribution >= 0.6 is 0 Å². The maximum absolute atomic E-state index is 10.5. The third kappa shape index (κ3) is 4.78. The SMILES string of the molecule is CCc1cc(N2CCN(CC(O)c3ccccc3)CC2)nc(-c2ccccn2)n1. The Hall–Kier alpha value is -2.83. The molecule has 29 heavy (non-hydrogen) atoms. The smallest absolute Gasteiger partial charge is 0.180 e. The van der Waals surface area contributed by atoms with Gasteiger partial charge in [-0.1, -0.05) is 43.3 Å². The molecule has 1 unspecified atom stereocenters. The number of aryl methyl sites for hydroxylation is 1. The molecule has 1 aliphatic heterocycles. The molecule has 0 aliphatic carbocycles. The van der Waals surface area contributed by atoms with Crippen molar-refractivity contribution in [1.29, 1.82) is 0 Å². The molecule has 6 nitrogen and oxygen atoms in total. The second kappa shape index (κ2) is 9.11. The van der Waals surface area contributed by atoms with Crippen molar-refractivity contribution >= 4 is 5.82 Å². The van der Waals surface area contributed by atoms with Gasteiger partial charge in [0.15, 0.2) is 5.82 Å². The molecule has 3 aromatic rings. The molecule has 1 aromatic carbocycles. The number of piperazine rings is 1. The van der Waals surface area contributed by atoms with Gasteiger partial charge in [0.2, 0.25) is 0 Å².